The molecule has 0 bridgehead atoms. The Morgan fingerprint density at radius 3 is 2.61 bits per heavy atom. The molecule has 3 nitrogen and oxygen atoms in total. The molecule has 1 saturated heterocycles. The van der Waals surface area contributed by atoms with Crippen molar-refractivity contribution in [2.75, 3.05) is 17.3 Å². The van der Waals surface area contributed by atoms with Gasteiger partial charge in [-0.05, 0) is 31.4 Å². The molecular formula is C11H13ClF3N3. The Balaban J connectivity index is 2.18. The van der Waals surface area contributed by atoms with E-state index in [9.17, 15) is 13.2 Å². The SMILES string of the molecule is FC(F)(F)c1ccc(N2CCCCC2CCl)nn1. The zero-order chi connectivity index (χ0) is 13.2. The summed E-state index contributed by atoms with van der Waals surface area (Å²) in [5.41, 5.74) is -0.967. The number of hydrogen-bond donors (Lipinski definition) is 0. The second-order valence-corrected chi connectivity index (χ2v) is 4.58. The highest BCUT2D eigenvalue weighted by Gasteiger charge is 2.33. The highest BCUT2D eigenvalue weighted by Crippen LogP contribution is 2.29. The number of alkyl halides is 4. The van der Waals surface area contributed by atoms with Crippen molar-refractivity contribution < 1.29 is 13.2 Å². The average Bonchev–Trinajstić information content (AvgIpc) is 2.38. The Morgan fingerprint density at radius 2 is 2.06 bits per heavy atom. The standard InChI is InChI=1S/C11H13ClF3N3/c12-7-8-3-1-2-6-18(8)10-5-4-9(16-17-10)11(13,14)15/h4-5,8H,1-3,6-7H2. The van der Waals surface area contributed by atoms with Gasteiger partial charge in [0, 0.05) is 18.5 Å². The van der Waals surface area contributed by atoms with Gasteiger partial charge in [0.2, 0.25) is 0 Å². The van der Waals surface area contributed by atoms with E-state index in [0.717, 1.165) is 31.9 Å². The fourth-order valence-electron chi connectivity index (χ4n) is 2.09. The molecule has 100 valence electrons. The van der Waals surface area contributed by atoms with Crippen molar-refractivity contribution in [1.82, 2.24) is 10.2 Å². The molecule has 0 radical (unpaired) electrons. The molecule has 1 atom stereocenters. The molecule has 18 heavy (non-hydrogen) atoms. The van der Waals surface area contributed by atoms with Crippen LogP contribution in [0.3, 0.4) is 0 Å². The molecular weight excluding hydrogens is 267 g/mol. The van der Waals surface area contributed by atoms with Crippen LogP contribution in [0.25, 0.3) is 0 Å². The Bertz CT molecular complexity index is 394. The summed E-state index contributed by atoms with van der Waals surface area (Å²) in [5, 5.41) is 6.90. The van der Waals surface area contributed by atoms with E-state index in [0.29, 0.717) is 11.7 Å². The van der Waals surface area contributed by atoms with Crippen LogP contribution in [0, 0.1) is 0 Å². The van der Waals surface area contributed by atoms with Crippen LogP contribution in [0.5, 0.6) is 0 Å². The van der Waals surface area contributed by atoms with Crippen molar-refractivity contribution in [3.63, 3.8) is 0 Å². The lowest BCUT2D eigenvalue weighted by Gasteiger charge is -2.35. The van der Waals surface area contributed by atoms with Crippen molar-refractivity contribution in [3.05, 3.63) is 17.8 Å². The molecule has 1 aromatic rings. The summed E-state index contributed by atoms with van der Waals surface area (Å²) in [6.07, 6.45) is -1.43. The molecule has 1 aromatic heterocycles. The number of piperidine rings is 1. The van der Waals surface area contributed by atoms with Crippen LogP contribution in [-0.2, 0) is 6.18 Å². The maximum absolute atomic E-state index is 12.4. The topological polar surface area (TPSA) is 29.0 Å². The maximum atomic E-state index is 12.4. The quantitative estimate of drug-likeness (QED) is 0.779. The first-order chi connectivity index (χ1) is 8.52. The number of rotatable bonds is 2. The number of anilines is 1. The fourth-order valence-corrected chi connectivity index (χ4v) is 2.41. The van der Waals surface area contributed by atoms with E-state index < -0.39 is 11.9 Å². The zero-order valence-corrected chi connectivity index (χ0v) is 10.4. The summed E-state index contributed by atoms with van der Waals surface area (Å²) in [6, 6.07) is 2.45. The molecule has 1 aliphatic rings. The van der Waals surface area contributed by atoms with Gasteiger partial charge < -0.3 is 4.90 Å². The Hall–Kier alpha value is -1.04. The van der Waals surface area contributed by atoms with Gasteiger partial charge in [0.05, 0.1) is 0 Å². The lowest BCUT2D eigenvalue weighted by atomic mass is 10.0. The van der Waals surface area contributed by atoms with Gasteiger partial charge in [-0.1, -0.05) is 0 Å². The van der Waals surface area contributed by atoms with E-state index >= 15 is 0 Å². The van der Waals surface area contributed by atoms with Crippen LogP contribution >= 0.6 is 11.6 Å². The summed E-state index contributed by atoms with van der Waals surface area (Å²) >= 11 is 5.86. The van der Waals surface area contributed by atoms with Crippen molar-refractivity contribution >= 4 is 17.4 Å². The smallest absolute Gasteiger partial charge is 0.351 e. The maximum Gasteiger partial charge on any atom is 0.435 e. The third-order valence-corrected chi connectivity index (χ3v) is 3.40. The van der Waals surface area contributed by atoms with Gasteiger partial charge in [0.25, 0.3) is 0 Å². The van der Waals surface area contributed by atoms with E-state index in [4.69, 9.17) is 11.6 Å². The van der Waals surface area contributed by atoms with E-state index in [1.165, 1.54) is 6.07 Å². The number of hydrogen-bond acceptors (Lipinski definition) is 3. The summed E-state index contributed by atoms with van der Waals surface area (Å²) in [4.78, 5) is 1.93. The summed E-state index contributed by atoms with van der Waals surface area (Å²) in [7, 11) is 0. The Kier molecular flexibility index (Phi) is 3.94. The zero-order valence-electron chi connectivity index (χ0n) is 9.62. The van der Waals surface area contributed by atoms with Gasteiger partial charge >= 0.3 is 6.18 Å². The molecule has 2 heterocycles. The summed E-state index contributed by atoms with van der Waals surface area (Å²) < 4.78 is 37.1. The van der Waals surface area contributed by atoms with Gasteiger partial charge in [-0.15, -0.1) is 21.8 Å². The van der Waals surface area contributed by atoms with E-state index in [1.807, 2.05) is 4.90 Å². The second kappa shape index (κ2) is 5.30. The molecule has 0 aliphatic carbocycles. The highest BCUT2D eigenvalue weighted by atomic mass is 35.5. The number of aromatic nitrogens is 2. The van der Waals surface area contributed by atoms with Crippen molar-refractivity contribution in [3.8, 4) is 0 Å². The van der Waals surface area contributed by atoms with Gasteiger partial charge in [0.15, 0.2) is 11.5 Å². The average molecular weight is 280 g/mol. The van der Waals surface area contributed by atoms with Crippen molar-refractivity contribution in [2.24, 2.45) is 0 Å². The predicted octanol–water partition coefficient (Wildman–Crippen LogP) is 3.09. The van der Waals surface area contributed by atoms with Gasteiger partial charge in [-0.2, -0.15) is 13.2 Å². The predicted molar refractivity (Wildman–Crippen MR) is 62.7 cm³/mol. The minimum Gasteiger partial charge on any atom is -0.351 e. The molecule has 2 rings (SSSR count). The molecule has 7 heteroatoms. The first-order valence-corrected chi connectivity index (χ1v) is 6.29. The molecule has 1 aliphatic heterocycles. The van der Waals surface area contributed by atoms with Crippen molar-refractivity contribution in [1.29, 1.82) is 0 Å². The molecule has 0 spiro atoms. The van der Waals surface area contributed by atoms with Crippen LogP contribution in [-0.4, -0.2) is 28.7 Å². The first-order valence-electron chi connectivity index (χ1n) is 5.76. The van der Waals surface area contributed by atoms with Gasteiger partial charge in [0.1, 0.15) is 0 Å². The van der Waals surface area contributed by atoms with Crippen LogP contribution in [0.2, 0.25) is 0 Å². The van der Waals surface area contributed by atoms with Crippen LogP contribution in [0.1, 0.15) is 25.0 Å². The van der Waals surface area contributed by atoms with Gasteiger partial charge in [-0.25, -0.2) is 0 Å². The van der Waals surface area contributed by atoms with Crippen LogP contribution < -0.4 is 4.90 Å². The van der Waals surface area contributed by atoms with Gasteiger partial charge in [-0.3, -0.25) is 0 Å². The number of halogens is 4. The Labute approximate surface area is 108 Å². The minimum atomic E-state index is -4.45. The largest absolute Gasteiger partial charge is 0.435 e. The highest BCUT2D eigenvalue weighted by molar-refractivity contribution is 6.18. The third-order valence-electron chi connectivity index (χ3n) is 3.04. The molecule has 0 amide bonds. The van der Waals surface area contributed by atoms with Crippen LogP contribution in [0.15, 0.2) is 12.1 Å². The number of nitrogens with zero attached hydrogens (tertiary/aromatic N) is 3. The monoisotopic (exact) mass is 279 g/mol. The Morgan fingerprint density at radius 1 is 1.28 bits per heavy atom. The summed E-state index contributed by atoms with van der Waals surface area (Å²) in [5.74, 6) is 0.913. The van der Waals surface area contributed by atoms with E-state index in [1.54, 1.807) is 0 Å². The lowest BCUT2D eigenvalue weighted by molar-refractivity contribution is -0.141. The van der Waals surface area contributed by atoms with E-state index in [-0.39, 0.29) is 6.04 Å². The molecule has 0 N–H and O–H groups in total. The van der Waals surface area contributed by atoms with Crippen molar-refractivity contribution in [2.45, 2.75) is 31.5 Å². The van der Waals surface area contributed by atoms with E-state index in [2.05, 4.69) is 10.2 Å². The normalized spacial score (nSPS) is 21.1. The third kappa shape index (κ3) is 2.85. The molecule has 0 aromatic carbocycles. The molecule has 1 unspecified atom stereocenters. The fraction of sp³-hybridized carbons (Fsp3) is 0.636. The summed E-state index contributed by atoms with van der Waals surface area (Å²) in [6.45, 7) is 0.761. The van der Waals surface area contributed by atoms with Crippen LogP contribution in [0.4, 0.5) is 19.0 Å². The molecule has 1 fully saturated rings. The molecule has 0 saturated carbocycles. The lowest BCUT2D eigenvalue weighted by Crippen LogP contribution is -2.41. The first kappa shape index (κ1) is 13.4. The second-order valence-electron chi connectivity index (χ2n) is 4.27. The minimum absolute atomic E-state index is 0.131.